The number of aromatic nitrogens is 1. The van der Waals surface area contributed by atoms with Crippen molar-refractivity contribution in [1.82, 2.24) is 4.98 Å². The second-order valence-electron chi connectivity index (χ2n) is 6.37. The molecular formula is C18H19N5O3. The molecule has 1 aromatic carbocycles. The Morgan fingerprint density at radius 3 is 2.77 bits per heavy atom. The number of anilines is 1. The maximum atomic E-state index is 12.1. The van der Waals surface area contributed by atoms with E-state index in [0.717, 1.165) is 6.21 Å². The Hall–Kier alpha value is -3.42. The molecule has 0 fully saturated rings. The number of fused-ring (bicyclic) bond motifs is 1. The van der Waals surface area contributed by atoms with Gasteiger partial charge in [-0.05, 0) is 44.2 Å². The number of hydrogen-bond donors (Lipinski definition) is 4. The maximum Gasteiger partial charge on any atom is 0.268 e. The van der Waals surface area contributed by atoms with Crippen molar-refractivity contribution in [2.24, 2.45) is 16.6 Å². The molecule has 134 valence electrons. The minimum atomic E-state index is -0.977. The van der Waals surface area contributed by atoms with Gasteiger partial charge in [-0.1, -0.05) is 0 Å². The van der Waals surface area contributed by atoms with Crippen LogP contribution in [0.2, 0.25) is 0 Å². The topological polar surface area (TPSA) is 133 Å². The SMILES string of the molecule is CC1(C)Oc2ccc(N=C(c3ccc[nH]3)C(C=N)C(N)=O)cc2NC1=O. The number of aliphatic imine (C=N–C) groups is 1. The molecule has 1 unspecified atom stereocenters. The quantitative estimate of drug-likeness (QED) is 0.612. The maximum absolute atomic E-state index is 12.1. The van der Waals surface area contributed by atoms with Gasteiger partial charge in [-0.15, -0.1) is 0 Å². The molecule has 2 heterocycles. The summed E-state index contributed by atoms with van der Waals surface area (Å²) in [5.74, 6) is -1.38. The molecule has 26 heavy (non-hydrogen) atoms. The standard InChI is InChI=1S/C18H19N5O3/c1-18(2)17(25)23-13-8-10(5-6-14(13)26-18)22-15(11(9-19)16(20)24)12-4-3-7-21-12/h3-9,11,19,21H,1-2H3,(H2,20,24)(H,23,25). The molecule has 0 bridgehead atoms. The molecule has 2 aromatic rings. The summed E-state index contributed by atoms with van der Waals surface area (Å²) in [5, 5.41) is 10.3. The summed E-state index contributed by atoms with van der Waals surface area (Å²) in [7, 11) is 0. The van der Waals surface area contributed by atoms with Gasteiger partial charge in [0.1, 0.15) is 11.7 Å². The van der Waals surface area contributed by atoms with Crippen molar-refractivity contribution in [2.45, 2.75) is 19.4 Å². The lowest BCUT2D eigenvalue weighted by atomic mass is 10.0. The van der Waals surface area contributed by atoms with Crippen LogP contribution in [-0.4, -0.2) is 34.3 Å². The van der Waals surface area contributed by atoms with E-state index in [1.165, 1.54) is 0 Å². The number of H-pyrrole nitrogens is 1. The van der Waals surface area contributed by atoms with Crippen LogP contribution in [0.5, 0.6) is 5.75 Å². The monoisotopic (exact) mass is 353 g/mol. The highest BCUT2D eigenvalue weighted by Crippen LogP contribution is 2.36. The average Bonchev–Trinajstić information content (AvgIpc) is 3.09. The molecule has 2 amide bonds. The van der Waals surface area contributed by atoms with Gasteiger partial charge in [-0.3, -0.25) is 9.59 Å². The summed E-state index contributed by atoms with van der Waals surface area (Å²) in [6.07, 6.45) is 2.64. The zero-order valence-corrected chi connectivity index (χ0v) is 14.4. The lowest BCUT2D eigenvalue weighted by Crippen LogP contribution is -2.45. The van der Waals surface area contributed by atoms with E-state index in [4.69, 9.17) is 15.9 Å². The van der Waals surface area contributed by atoms with Gasteiger partial charge >= 0.3 is 0 Å². The molecule has 0 aliphatic carbocycles. The van der Waals surface area contributed by atoms with Crippen LogP contribution in [0.1, 0.15) is 19.5 Å². The van der Waals surface area contributed by atoms with Gasteiger partial charge in [0.2, 0.25) is 5.91 Å². The van der Waals surface area contributed by atoms with Gasteiger partial charge in [0.25, 0.3) is 5.91 Å². The fourth-order valence-electron chi connectivity index (χ4n) is 2.59. The van der Waals surface area contributed by atoms with Gasteiger partial charge in [0, 0.05) is 12.4 Å². The largest absolute Gasteiger partial charge is 0.476 e. The number of nitrogens with one attached hydrogen (secondary N) is 3. The van der Waals surface area contributed by atoms with Crippen LogP contribution in [0.3, 0.4) is 0 Å². The predicted octanol–water partition coefficient (Wildman–Crippen LogP) is 2.00. The Labute approximate surface area is 150 Å². The fraction of sp³-hybridized carbons (Fsp3) is 0.222. The fourth-order valence-corrected chi connectivity index (χ4v) is 2.59. The van der Waals surface area contributed by atoms with Crippen LogP contribution in [0, 0.1) is 11.3 Å². The molecule has 1 aliphatic heterocycles. The number of carbonyl (C=O) groups excluding carboxylic acids is 2. The Morgan fingerprint density at radius 1 is 1.38 bits per heavy atom. The Balaban J connectivity index is 2.04. The highest BCUT2D eigenvalue weighted by atomic mass is 16.5. The Bertz CT molecular complexity index is 900. The number of nitrogens with zero attached hydrogens (tertiary/aromatic N) is 1. The normalized spacial score (nSPS) is 16.8. The van der Waals surface area contributed by atoms with Crippen molar-refractivity contribution >= 4 is 35.1 Å². The molecule has 0 saturated heterocycles. The van der Waals surface area contributed by atoms with E-state index >= 15 is 0 Å². The third kappa shape index (κ3) is 3.21. The van der Waals surface area contributed by atoms with E-state index in [9.17, 15) is 9.59 Å². The lowest BCUT2D eigenvalue weighted by molar-refractivity contribution is -0.129. The molecule has 8 heteroatoms. The zero-order chi connectivity index (χ0) is 18.9. The number of benzene rings is 1. The van der Waals surface area contributed by atoms with Gasteiger partial charge < -0.3 is 26.2 Å². The minimum absolute atomic E-state index is 0.259. The van der Waals surface area contributed by atoms with Gasteiger partial charge in [-0.2, -0.15) is 0 Å². The molecule has 8 nitrogen and oxygen atoms in total. The molecule has 0 saturated carbocycles. The molecule has 0 radical (unpaired) electrons. The van der Waals surface area contributed by atoms with Crippen LogP contribution in [0.4, 0.5) is 11.4 Å². The average molecular weight is 353 g/mol. The number of ether oxygens (including phenoxy) is 1. The molecule has 3 rings (SSSR count). The third-order valence-electron chi connectivity index (χ3n) is 4.01. The van der Waals surface area contributed by atoms with Gasteiger partial charge in [0.15, 0.2) is 5.60 Å². The second kappa shape index (κ2) is 6.47. The van der Waals surface area contributed by atoms with Crippen molar-refractivity contribution in [3.8, 4) is 5.75 Å². The summed E-state index contributed by atoms with van der Waals surface area (Å²) in [4.78, 5) is 31.2. The first kappa shape index (κ1) is 17.4. The third-order valence-corrected chi connectivity index (χ3v) is 4.01. The molecule has 0 spiro atoms. The number of carbonyl (C=O) groups is 2. The van der Waals surface area contributed by atoms with Crippen molar-refractivity contribution in [3.63, 3.8) is 0 Å². The summed E-state index contributed by atoms with van der Waals surface area (Å²) in [6.45, 7) is 3.37. The zero-order valence-electron chi connectivity index (χ0n) is 14.4. The van der Waals surface area contributed by atoms with Gasteiger partial charge in [0.05, 0.1) is 22.8 Å². The number of aromatic amines is 1. The van der Waals surface area contributed by atoms with E-state index < -0.39 is 17.4 Å². The van der Waals surface area contributed by atoms with Crippen molar-refractivity contribution < 1.29 is 14.3 Å². The summed E-state index contributed by atoms with van der Waals surface area (Å²) in [5.41, 5.74) is 6.33. The summed E-state index contributed by atoms with van der Waals surface area (Å²) >= 11 is 0. The second-order valence-corrected chi connectivity index (χ2v) is 6.37. The predicted molar refractivity (Wildman–Crippen MR) is 98.2 cm³/mol. The highest BCUT2D eigenvalue weighted by molar-refractivity contribution is 6.21. The lowest BCUT2D eigenvalue weighted by Gasteiger charge is -2.31. The summed E-state index contributed by atoms with van der Waals surface area (Å²) < 4.78 is 5.69. The minimum Gasteiger partial charge on any atom is -0.476 e. The number of rotatable bonds is 5. The van der Waals surface area contributed by atoms with E-state index in [1.807, 2.05) is 0 Å². The molecule has 1 aromatic heterocycles. The molecule has 5 N–H and O–H groups in total. The van der Waals surface area contributed by atoms with E-state index in [-0.39, 0.29) is 5.91 Å². The Kier molecular flexibility index (Phi) is 4.33. The van der Waals surface area contributed by atoms with E-state index in [2.05, 4.69) is 15.3 Å². The number of nitrogens with two attached hydrogens (primary N) is 1. The Morgan fingerprint density at radius 2 is 2.15 bits per heavy atom. The van der Waals surface area contributed by atoms with Crippen LogP contribution in [0.15, 0.2) is 41.5 Å². The molecule has 1 aliphatic rings. The van der Waals surface area contributed by atoms with Gasteiger partial charge in [-0.25, -0.2) is 4.99 Å². The first-order valence-electron chi connectivity index (χ1n) is 7.98. The van der Waals surface area contributed by atoms with E-state index in [0.29, 0.717) is 28.5 Å². The summed E-state index contributed by atoms with van der Waals surface area (Å²) in [6, 6.07) is 8.55. The number of primary amides is 1. The van der Waals surface area contributed by atoms with E-state index in [1.54, 1.807) is 50.4 Å². The van der Waals surface area contributed by atoms with Crippen LogP contribution < -0.4 is 15.8 Å². The van der Waals surface area contributed by atoms with Crippen molar-refractivity contribution in [1.29, 1.82) is 5.41 Å². The van der Waals surface area contributed by atoms with Crippen molar-refractivity contribution in [2.75, 3.05) is 5.32 Å². The van der Waals surface area contributed by atoms with Crippen LogP contribution >= 0.6 is 0 Å². The smallest absolute Gasteiger partial charge is 0.268 e. The first-order chi connectivity index (χ1) is 12.3. The highest BCUT2D eigenvalue weighted by Gasteiger charge is 2.35. The first-order valence-corrected chi connectivity index (χ1v) is 7.98. The molecular weight excluding hydrogens is 334 g/mol. The van der Waals surface area contributed by atoms with Crippen LogP contribution in [0.25, 0.3) is 0 Å². The van der Waals surface area contributed by atoms with Crippen molar-refractivity contribution in [3.05, 3.63) is 42.2 Å². The van der Waals surface area contributed by atoms with Crippen LogP contribution in [-0.2, 0) is 9.59 Å². The number of hydrogen-bond acceptors (Lipinski definition) is 5. The molecule has 1 atom stereocenters. The number of amides is 2.